The summed E-state index contributed by atoms with van der Waals surface area (Å²) in [6.45, 7) is 4.46. The summed E-state index contributed by atoms with van der Waals surface area (Å²) in [6, 6.07) is 0. The number of carbonyl (C=O) groups excluding carboxylic acids is 3. The molecule has 0 heterocycles. The highest BCUT2D eigenvalue weighted by atomic mass is 16.7. The Kier molecular flexibility index (Phi) is 68.8. The van der Waals surface area contributed by atoms with Crippen LogP contribution in [0.15, 0.2) is 158 Å². The van der Waals surface area contributed by atoms with Gasteiger partial charge in [0.1, 0.15) is 13.2 Å². The highest BCUT2D eigenvalue weighted by Crippen LogP contribution is 2.18. The van der Waals surface area contributed by atoms with Crippen LogP contribution in [0.2, 0.25) is 0 Å². The topological polar surface area (TPSA) is 111 Å². The largest absolute Gasteiger partial charge is 0.545 e. The summed E-state index contributed by atoms with van der Waals surface area (Å²) in [6.07, 6.45) is 105. The molecule has 9 nitrogen and oxygen atoms in total. The van der Waals surface area contributed by atoms with E-state index in [1.807, 2.05) is 21.1 Å². The molecule has 9 heteroatoms. The average molecular weight is 1290 g/mol. The fourth-order valence-electron chi connectivity index (χ4n) is 10.1. The van der Waals surface area contributed by atoms with E-state index in [1.54, 1.807) is 0 Å². The molecule has 0 aliphatic carbocycles. The molecule has 0 aromatic heterocycles. The number of quaternary nitrogens is 1. The second kappa shape index (κ2) is 72.7. The van der Waals surface area contributed by atoms with Crippen molar-refractivity contribution in [3.8, 4) is 0 Å². The Labute approximate surface area is 572 Å². The lowest BCUT2D eigenvalue weighted by molar-refractivity contribution is -0.870. The number of nitrogens with zero attached hydrogens (tertiary/aromatic N) is 1. The number of rotatable bonds is 68. The van der Waals surface area contributed by atoms with Crippen LogP contribution in [-0.4, -0.2) is 82.3 Å². The van der Waals surface area contributed by atoms with Gasteiger partial charge in [-0.1, -0.05) is 326 Å². The molecule has 93 heavy (non-hydrogen) atoms. The van der Waals surface area contributed by atoms with Crippen LogP contribution in [0.4, 0.5) is 0 Å². The molecule has 0 bridgehead atoms. The Morgan fingerprint density at radius 3 is 0.892 bits per heavy atom. The number of carbonyl (C=O) groups is 3. The van der Waals surface area contributed by atoms with Crippen molar-refractivity contribution < 1.29 is 42.9 Å². The van der Waals surface area contributed by atoms with Crippen LogP contribution >= 0.6 is 0 Å². The first-order chi connectivity index (χ1) is 45.6. The van der Waals surface area contributed by atoms with Crippen molar-refractivity contribution in [2.45, 2.75) is 309 Å². The Bertz CT molecular complexity index is 2090. The Hall–Kier alpha value is -5.09. The van der Waals surface area contributed by atoms with E-state index in [-0.39, 0.29) is 38.6 Å². The monoisotopic (exact) mass is 1290 g/mol. The summed E-state index contributed by atoms with van der Waals surface area (Å²) in [4.78, 5) is 37.5. The predicted octanol–water partition coefficient (Wildman–Crippen LogP) is 22.7. The number of allylic oxidation sites excluding steroid dienone is 26. The number of hydrogen-bond acceptors (Lipinski definition) is 8. The quantitative estimate of drug-likeness (QED) is 0.0195. The molecule has 0 N–H and O–H groups in total. The summed E-state index contributed by atoms with van der Waals surface area (Å²) >= 11 is 0. The molecule has 0 saturated heterocycles. The lowest BCUT2D eigenvalue weighted by Crippen LogP contribution is -2.44. The number of carboxylic acids is 1. The van der Waals surface area contributed by atoms with E-state index in [1.165, 1.54) is 154 Å². The minimum Gasteiger partial charge on any atom is -0.545 e. The average Bonchev–Trinajstić information content (AvgIpc) is 3.74. The standard InChI is InChI=1S/C84H139NO8/c1-6-8-10-12-14-16-18-20-22-24-26-28-30-32-34-36-37-38-39-40-41-42-43-44-45-47-48-50-52-54-56-58-60-62-64-66-68-70-72-74-81(86)91-78-80(79-92-84(83(88)89)90-77-76-85(3,4)5)93-82(87)75-73-71-69-67-65-63-61-59-57-55-53-51-49-46-35-33-31-29-27-25-23-21-19-17-15-13-11-9-7-2/h8-11,14-17,20-23,26-29,33,35,49,51,55,57,61,63,67,69,80,84H,6-7,12-13,18-19,24-25,30-32,34,36-48,50,52-54,56,58-60,62,64-66,68,70-79H2,1-5H3/b10-8-,11-9-,16-14-,17-15-,22-20-,23-21-,28-26-,29-27-,35-33-,51-49-,57-55-,63-61-,69-67-. The first-order valence-corrected chi connectivity index (χ1v) is 37.6. The normalized spacial score (nSPS) is 13.6. The number of ether oxygens (including phenoxy) is 4. The number of esters is 2. The van der Waals surface area contributed by atoms with E-state index in [2.05, 4.69) is 172 Å². The van der Waals surface area contributed by atoms with Crippen LogP contribution < -0.4 is 5.11 Å². The van der Waals surface area contributed by atoms with E-state index in [0.29, 0.717) is 23.9 Å². The zero-order chi connectivity index (χ0) is 67.5. The predicted molar refractivity (Wildman–Crippen MR) is 398 cm³/mol. The van der Waals surface area contributed by atoms with Gasteiger partial charge in [0.25, 0.3) is 0 Å². The van der Waals surface area contributed by atoms with Crippen LogP contribution in [0.1, 0.15) is 296 Å². The van der Waals surface area contributed by atoms with Gasteiger partial charge in [-0.05, 0) is 116 Å². The van der Waals surface area contributed by atoms with Crippen LogP contribution in [0.3, 0.4) is 0 Å². The van der Waals surface area contributed by atoms with E-state index < -0.39 is 24.3 Å². The van der Waals surface area contributed by atoms with E-state index in [0.717, 1.165) is 103 Å². The van der Waals surface area contributed by atoms with Crippen molar-refractivity contribution in [3.63, 3.8) is 0 Å². The van der Waals surface area contributed by atoms with Gasteiger partial charge in [0.15, 0.2) is 12.4 Å². The third-order valence-electron chi connectivity index (χ3n) is 15.8. The number of unbranched alkanes of at least 4 members (excludes halogenated alkanes) is 27. The number of aliphatic carboxylic acids is 1. The Morgan fingerprint density at radius 1 is 0.323 bits per heavy atom. The van der Waals surface area contributed by atoms with E-state index in [4.69, 9.17) is 18.9 Å². The van der Waals surface area contributed by atoms with Gasteiger partial charge in [-0.15, -0.1) is 0 Å². The molecular weight excluding hydrogens is 1150 g/mol. The molecule has 0 spiro atoms. The third kappa shape index (κ3) is 74.2. The molecule has 0 aliphatic heterocycles. The third-order valence-corrected chi connectivity index (χ3v) is 15.8. The lowest BCUT2D eigenvalue weighted by Gasteiger charge is -2.26. The minimum absolute atomic E-state index is 0.130. The van der Waals surface area contributed by atoms with Gasteiger partial charge in [0.05, 0.1) is 40.3 Å². The molecule has 0 saturated carbocycles. The van der Waals surface area contributed by atoms with E-state index in [9.17, 15) is 19.5 Å². The highest BCUT2D eigenvalue weighted by molar-refractivity contribution is 5.70. The first kappa shape index (κ1) is 87.9. The fraction of sp³-hybridized carbons (Fsp3) is 0.655. The van der Waals surface area contributed by atoms with Crippen molar-refractivity contribution in [2.75, 3.05) is 47.5 Å². The van der Waals surface area contributed by atoms with Crippen LogP contribution in [-0.2, 0) is 33.3 Å². The number of likely N-dealkylation sites (N-methyl/N-ethyl adjacent to an activating group) is 1. The molecule has 2 unspecified atom stereocenters. The van der Waals surface area contributed by atoms with Crippen LogP contribution in [0.25, 0.3) is 0 Å². The van der Waals surface area contributed by atoms with Crippen LogP contribution in [0.5, 0.6) is 0 Å². The van der Waals surface area contributed by atoms with Gasteiger partial charge in [-0.3, -0.25) is 9.59 Å². The Balaban J connectivity index is 4.11. The van der Waals surface area contributed by atoms with Gasteiger partial charge in [0, 0.05) is 12.8 Å². The number of hydrogen-bond donors (Lipinski definition) is 0. The molecule has 528 valence electrons. The van der Waals surface area contributed by atoms with E-state index >= 15 is 0 Å². The van der Waals surface area contributed by atoms with Gasteiger partial charge in [-0.2, -0.15) is 0 Å². The second-order valence-electron chi connectivity index (χ2n) is 25.8. The fourth-order valence-corrected chi connectivity index (χ4v) is 10.1. The van der Waals surface area contributed by atoms with Gasteiger partial charge in [0.2, 0.25) is 0 Å². The molecule has 0 aromatic carbocycles. The smallest absolute Gasteiger partial charge is 0.306 e. The van der Waals surface area contributed by atoms with Crippen molar-refractivity contribution in [3.05, 3.63) is 158 Å². The van der Waals surface area contributed by atoms with Crippen molar-refractivity contribution in [2.24, 2.45) is 0 Å². The zero-order valence-electron chi connectivity index (χ0n) is 60.3. The maximum absolute atomic E-state index is 12.9. The highest BCUT2D eigenvalue weighted by Gasteiger charge is 2.22. The SMILES string of the molecule is CC/C=C\C/C=C\C/C=C\C/C=C\C/C=C\C/C=C\C/C=C\C/C=C\C/C=C\CCCC(=O)OC(COC(=O)CCCCCCCCCCCCCCCCCCCCCCCCCCCC/C=C\C/C=C\C/C=C\C/C=C\CC)COC(OCC[N+](C)(C)C)C(=O)[O-]. The van der Waals surface area contributed by atoms with Gasteiger partial charge < -0.3 is 33.3 Å². The maximum atomic E-state index is 12.9. The zero-order valence-corrected chi connectivity index (χ0v) is 60.3. The summed E-state index contributed by atoms with van der Waals surface area (Å²) in [5, 5.41) is 11.8. The molecular formula is C84H139NO8. The first-order valence-electron chi connectivity index (χ1n) is 37.6. The summed E-state index contributed by atoms with van der Waals surface area (Å²) in [7, 11) is 5.91. The molecule has 0 amide bonds. The lowest BCUT2D eigenvalue weighted by atomic mass is 10.0. The van der Waals surface area contributed by atoms with Gasteiger partial charge in [-0.25, -0.2) is 0 Å². The van der Waals surface area contributed by atoms with Crippen molar-refractivity contribution >= 4 is 17.9 Å². The molecule has 2 atom stereocenters. The number of carboxylic acid groups (broad SMARTS) is 1. The summed E-state index contributed by atoms with van der Waals surface area (Å²) in [5.41, 5.74) is 0. The minimum atomic E-state index is -1.65. The molecule has 0 aromatic rings. The summed E-state index contributed by atoms with van der Waals surface area (Å²) < 4.78 is 22.7. The molecule has 0 aliphatic rings. The van der Waals surface area contributed by atoms with Crippen molar-refractivity contribution in [1.82, 2.24) is 0 Å². The molecule has 0 fully saturated rings. The second-order valence-corrected chi connectivity index (χ2v) is 25.8. The maximum Gasteiger partial charge on any atom is 0.306 e. The van der Waals surface area contributed by atoms with Gasteiger partial charge >= 0.3 is 11.9 Å². The Morgan fingerprint density at radius 2 is 0.591 bits per heavy atom. The molecule has 0 radical (unpaired) electrons. The van der Waals surface area contributed by atoms with Crippen molar-refractivity contribution in [1.29, 1.82) is 0 Å². The summed E-state index contributed by atoms with van der Waals surface area (Å²) in [5.74, 6) is -2.37. The molecule has 0 rings (SSSR count). The van der Waals surface area contributed by atoms with Crippen LogP contribution in [0, 0.1) is 0 Å².